The number of ether oxygens (including phenoxy) is 1. The lowest BCUT2D eigenvalue weighted by molar-refractivity contribution is -0.276. The second kappa shape index (κ2) is 4.90. The van der Waals surface area contributed by atoms with Gasteiger partial charge in [0.25, 0.3) is 0 Å². The Morgan fingerprint density at radius 3 is 2.17 bits per heavy atom. The fourth-order valence-electron chi connectivity index (χ4n) is 1.03. The molecule has 0 atom stereocenters. The van der Waals surface area contributed by atoms with Crippen molar-refractivity contribution in [2.24, 2.45) is 0 Å². The highest BCUT2D eigenvalue weighted by molar-refractivity contribution is 14.1. The van der Waals surface area contributed by atoms with Crippen LogP contribution in [0.4, 0.5) is 26.3 Å². The van der Waals surface area contributed by atoms with Gasteiger partial charge in [-0.25, -0.2) is 4.98 Å². The van der Waals surface area contributed by atoms with Crippen molar-refractivity contribution in [2.75, 3.05) is 0 Å². The van der Waals surface area contributed by atoms with E-state index < -0.39 is 29.5 Å². The third kappa shape index (κ3) is 3.71. The highest BCUT2D eigenvalue weighted by Gasteiger charge is 2.41. The minimum absolute atomic E-state index is 0.238. The van der Waals surface area contributed by atoms with Gasteiger partial charge in [-0.3, -0.25) is 4.79 Å². The molecule has 1 heterocycles. The zero-order valence-corrected chi connectivity index (χ0v) is 10.2. The third-order valence-corrected chi connectivity index (χ3v) is 2.16. The Kier molecular flexibility index (Phi) is 4.08. The number of aromatic nitrogens is 1. The standard InChI is InChI=1S/C8H2F6INO2/c9-7(10,11)3-1-5(15)16-4(2-17)6(3)18-8(12,13)14/h1-2H. The average molecular weight is 385 g/mol. The first-order chi connectivity index (χ1) is 8.04. The molecule has 0 radical (unpaired) electrons. The summed E-state index contributed by atoms with van der Waals surface area (Å²) in [6.07, 6.45) is -10.7. The van der Waals surface area contributed by atoms with Crippen molar-refractivity contribution in [3.05, 3.63) is 21.0 Å². The van der Waals surface area contributed by atoms with Crippen LogP contribution in [-0.2, 0) is 6.18 Å². The number of carbonyl (C=O) groups is 1. The summed E-state index contributed by atoms with van der Waals surface area (Å²) in [7, 11) is 0. The number of rotatable bonds is 2. The monoisotopic (exact) mass is 385 g/mol. The number of hydrogen-bond donors (Lipinski definition) is 0. The molecule has 0 amide bonds. The maximum Gasteiger partial charge on any atom is 0.573 e. The third-order valence-electron chi connectivity index (χ3n) is 1.60. The van der Waals surface area contributed by atoms with Crippen LogP contribution in [0.15, 0.2) is 6.07 Å². The first-order valence-corrected chi connectivity index (χ1v) is 5.11. The van der Waals surface area contributed by atoms with Crippen LogP contribution in [-0.4, -0.2) is 17.6 Å². The Bertz CT molecular complexity index is 470. The van der Waals surface area contributed by atoms with E-state index in [-0.39, 0.29) is 9.99 Å². The molecule has 0 N–H and O–H groups in total. The van der Waals surface area contributed by atoms with Crippen LogP contribution < -0.4 is 4.74 Å². The summed E-state index contributed by atoms with van der Waals surface area (Å²) in [6, 6.07) is 0.356. The Morgan fingerprint density at radius 1 is 1.22 bits per heavy atom. The molecule has 0 spiro atoms. The molecular formula is C8H2F6INO2. The van der Waals surface area contributed by atoms with E-state index in [0.717, 1.165) is 0 Å². The van der Waals surface area contributed by atoms with Gasteiger partial charge in [-0.2, -0.15) is 13.2 Å². The van der Waals surface area contributed by atoms with Crippen molar-refractivity contribution in [3.8, 4) is 5.75 Å². The number of carbonyl (C=O) groups excluding carboxylic acids is 1. The van der Waals surface area contributed by atoms with Gasteiger partial charge in [0.1, 0.15) is 15.0 Å². The Balaban J connectivity index is 3.48. The number of nitrogens with zero attached hydrogens (tertiary/aromatic N) is 1. The van der Waals surface area contributed by atoms with Gasteiger partial charge in [-0.05, 0) is 28.7 Å². The SMILES string of the molecule is O=Cc1nc(I)cc(C(F)(F)F)c1OC(F)(F)F. The molecule has 3 nitrogen and oxygen atoms in total. The Morgan fingerprint density at radius 2 is 1.78 bits per heavy atom. The van der Waals surface area contributed by atoms with E-state index in [9.17, 15) is 31.1 Å². The van der Waals surface area contributed by atoms with E-state index in [1.54, 1.807) is 0 Å². The summed E-state index contributed by atoms with van der Waals surface area (Å²) >= 11 is 1.34. The van der Waals surface area contributed by atoms with Gasteiger partial charge in [0.05, 0.1) is 0 Å². The molecule has 18 heavy (non-hydrogen) atoms. The lowest BCUT2D eigenvalue weighted by Gasteiger charge is -2.16. The first kappa shape index (κ1) is 15.0. The summed E-state index contributed by atoms with van der Waals surface area (Å²) in [5.41, 5.74) is -2.77. The van der Waals surface area contributed by atoms with Gasteiger partial charge in [0, 0.05) is 0 Å². The summed E-state index contributed by atoms with van der Waals surface area (Å²) in [4.78, 5) is 13.7. The second-order valence-corrected chi connectivity index (χ2v) is 3.98. The van der Waals surface area contributed by atoms with Crippen LogP contribution >= 0.6 is 22.6 Å². The fraction of sp³-hybridized carbons (Fsp3) is 0.250. The first-order valence-electron chi connectivity index (χ1n) is 4.03. The largest absolute Gasteiger partial charge is 0.573 e. The molecule has 1 aromatic heterocycles. The molecule has 0 unspecified atom stereocenters. The van der Waals surface area contributed by atoms with Gasteiger partial charge < -0.3 is 4.74 Å². The van der Waals surface area contributed by atoms with Crippen molar-refractivity contribution in [2.45, 2.75) is 12.5 Å². The summed E-state index contributed by atoms with van der Waals surface area (Å²) in [5.74, 6) is -1.65. The molecule has 100 valence electrons. The van der Waals surface area contributed by atoms with Crippen molar-refractivity contribution in [1.82, 2.24) is 4.98 Å². The zero-order chi connectivity index (χ0) is 14.1. The number of aldehydes is 1. The summed E-state index contributed by atoms with van der Waals surface area (Å²) in [6.45, 7) is 0. The lowest BCUT2D eigenvalue weighted by atomic mass is 10.2. The Labute approximate surface area is 109 Å². The van der Waals surface area contributed by atoms with Crippen molar-refractivity contribution in [3.63, 3.8) is 0 Å². The minimum Gasteiger partial charge on any atom is -0.403 e. The van der Waals surface area contributed by atoms with E-state index in [1.165, 1.54) is 22.6 Å². The van der Waals surface area contributed by atoms with Gasteiger partial charge >= 0.3 is 12.5 Å². The molecule has 10 heteroatoms. The lowest BCUT2D eigenvalue weighted by Crippen LogP contribution is -2.22. The van der Waals surface area contributed by atoms with Crippen LogP contribution in [0.3, 0.4) is 0 Å². The van der Waals surface area contributed by atoms with Gasteiger partial charge in [0.2, 0.25) is 0 Å². The number of halogens is 7. The van der Waals surface area contributed by atoms with E-state index in [2.05, 4.69) is 9.72 Å². The van der Waals surface area contributed by atoms with Gasteiger partial charge in [0.15, 0.2) is 12.0 Å². The van der Waals surface area contributed by atoms with E-state index in [1.807, 2.05) is 0 Å². The smallest absolute Gasteiger partial charge is 0.403 e. The van der Waals surface area contributed by atoms with Gasteiger partial charge in [-0.15, -0.1) is 13.2 Å². The predicted octanol–water partition coefficient (Wildman–Crippen LogP) is 3.42. The van der Waals surface area contributed by atoms with Crippen molar-refractivity contribution < 1.29 is 35.9 Å². The summed E-state index contributed by atoms with van der Waals surface area (Å²) in [5, 5.41) is 0. The van der Waals surface area contributed by atoms with Crippen LogP contribution in [0.5, 0.6) is 5.75 Å². The maximum atomic E-state index is 12.5. The number of hydrogen-bond acceptors (Lipinski definition) is 3. The molecular weight excluding hydrogens is 383 g/mol. The van der Waals surface area contributed by atoms with Crippen molar-refractivity contribution in [1.29, 1.82) is 0 Å². The maximum absolute atomic E-state index is 12.5. The van der Waals surface area contributed by atoms with E-state index >= 15 is 0 Å². The highest BCUT2D eigenvalue weighted by atomic mass is 127. The molecule has 0 saturated heterocycles. The molecule has 0 saturated carbocycles. The Hall–Kier alpha value is -1.07. The zero-order valence-electron chi connectivity index (χ0n) is 8.06. The topological polar surface area (TPSA) is 39.2 Å². The molecule has 0 bridgehead atoms. The predicted molar refractivity (Wildman–Crippen MR) is 54.0 cm³/mol. The second-order valence-electron chi connectivity index (χ2n) is 2.87. The fourth-order valence-corrected chi connectivity index (χ4v) is 1.61. The number of alkyl halides is 6. The van der Waals surface area contributed by atoms with E-state index in [4.69, 9.17) is 0 Å². The molecule has 1 rings (SSSR count). The van der Waals surface area contributed by atoms with Crippen LogP contribution in [0.25, 0.3) is 0 Å². The molecule has 0 aliphatic heterocycles. The van der Waals surface area contributed by atoms with Crippen LogP contribution in [0.2, 0.25) is 0 Å². The van der Waals surface area contributed by atoms with Crippen LogP contribution in [0, 0.1) is 3.70 Å². The molecule has 1 aromatic rings. The van der Waals surface area contributed by atoms with Crippen molar-refractivity contribution >= 4 is 28.9 Å². The van der Waals surface area contributed by atoms with E-state index in [0.29, 0.717) is 6.07 Å². The normalized spacial score (nSPS) is 12.4. The molecule has 0 aromatic carbocycles. The molecule has 0 aliphatic rings. The summed E-state index contributed by atoms with van der Waals surface area (Å²) < 4.78 is 76.5. The average Bonchev–Trinajstić information content (AvgIpc) is 2.16. The quantitative estimate of drug-likeness (QED) is 0.339. The molecule has 0 aliphatic carbocycles. The molecule has 0 fully saturated rings. The highest BCUT2D eigenvalue weighted by Crippen LogP contribution is 2.40. The van der Waals surface area contributed by atoms with Crippen LogP contribution in [0.1, 0.15) is 16.1 Å². The number of pyridine rings is 1. The minimum atomic E-state index is -5.35. The van der Waals surface area contributed by atoms with Gasteiger partial charge in [-0.1, -0.05) is 0 Å².